The first-order valence-corrected chi connectivity index (χ1v) is 10.7. The summed E-state index contributed by atoms with van der Waals surface area (Å²) in [6.07, 6.45) is 2.16. The van der Waals surface area contributed by atoms with E-state index in [0.29, 0.717) is 6.54 Å². The summed E-state index contributed by atoms with van der Waals surface area (Å²) in [6.45, 7) is 8.34. The van der Waals surface area contributed by atoms with E-state index in [4.69, 9.17) is 0 Å². The number of rotatable bonds is 7. The number of benzene rings is 1. The summed E-state index contributed by atoms with van der Waals surface area (Å²) < 4.78 is 27.9. The maximum absolute atomic E-state index is 12.1. The average molecular weight is 403 g/mol. The second kappa shape index (κ2) is 8.60. The molecule has 1 heterocycles. The molecule has 0 spiro atoms. The molecule has 1 saturated heterocycles. The first-order valence-electron chi connectivity index (χ1n) is 8.28. The summed E-state index contributed by atoms with van der Waals surface area (Å²) in [4.78, 5) is 2.46. The lowest BCUT2D eigenvalue weighted by molar-refractivity contribution is 0.140. The van der Waals surface area contributed by atoms with Gasteiger partial charge in [-0.25, -0.2) is 13.1 Å². The average Bonchev–Trinajstić information content (AvgIpc) is 2.45. The van der Waals surface area contributed by atoms with Crippen LogP contribution in [0.3, 0.4) is 0 Å². The van der Waals surface area contributed by atoms with Gasteiger partial charge in [-0.05, 0) is 48.9 Å². The van der Waals surface area contributed by atoms with Crippen molar-refractivity contribution in [2.75, 3.05) is 26.2 Å². The van der Waals surface area contributed by atoms with Crippen LogP contribution >= 0.6 is 15.9 Å². The van der Waals surface area contributed by atoms with E-state index in [1.54, 1.807) is 0 Å². The molecule has 0 aromatic heterocycles. The normalized spacial score (nSPS) is 23.1. The molecule has 1 aliphatic heterocycles. The molecule has 2 rings (SSSR count). The minimum atomic E-state index is -3.26. The fourth-order valence-electron chi connectivity index (χ4n) is 3.36. The number of hydrogen-bond donors (Lipinski definition) is 1. The summed E-state index contributed by atoms with van der Waals surface area (Å²) in [5.74, 6) is 1.53. The predicted molar refractivity (Wildman–Crippen MR) is 98.8 cm³/mol. The molecule has 1 fully saturated rings. The van der Waals surface area contributed by atoms with E-state index in [0.717, 1.165) is 47.9 Å². The van der Waals surface area contributed by atoms with Crippen LogP contribution < -0.4 is 4.72 Å². The Morgan fingerprint density at radius 2 is 1.78 bits per heavy atom. The highest BCUT2D eigenvalue weighted by molar-refractivity contribution is 9.10. The fraction of sp³-hybridized carbons (Fsp3) is 0.647. The van der Waals surface area contributed by atoms with Crippen LogP contribution in [-0.2, 0) is 15.8 Å². The van der Waals surface area contributed by atoms with Gasteiger partial charge in [-0.2, -0.15) is 0 Å². The van der Waals surface area contributed by atoms with Crippen molar-refractivity contribution in [3.63, 3.8) is 0 Å². The van der Waals surface area contributed by atoms with Crippen molar-refractivity contribution in [3.05, 3.63) is 34.3 Å². The smallest absolute Gasteiger partial charge is 0.215 e. The van der Waals surface area contributed by atoms with E-state index in [2.05, 4.69) is 39.4 Å². The molecule has 0 radical (unpaired) electrons. The third-order valence-electron chi connectivity index (χ3n) is 4.19. The van der Waals surface area contributed by atoms with E-state index in [9.17, 15) is 8.42 Å². The van der Waals surface area contributed by atoms with Gasteiger partial charge in [-0.3, -0.25) is 0 Å². The van der Waals surface area contributed by atoms with Crippen LogP contribution in [0.25, 0.3) is 0 Å². The van der Waals surface area contributed by atoms with Crippen LogP contribution in [0.1, 0.15) is 32.3 Å². The molecule has 0 bridgehead atoms. The Balaban J connectivity index is 1.71. The Bertz CT molecular complexity index is 579. The van der Waals surface area contributed by atoms with Gasteiger partial charge in [0.15, 0.2) is 0 Å². The molecule has 1 aliphatic rings. The molecule has 1 aromatic rings. The van der Waals surface area contributed by atoms with Crippen LogP contribution in [0.5, 0.6) is 0 Å². The van der Waals surface area contributed by atoms with Crippen molar-refractivity contribution in [2.24, 2.45) is 11.8 Å². The molecular formula is C17H27BrN2O2S. The van der Waals surface area contributed by atoms with Gasteiger partial charge < -0.3 is 4.90 Å². The van der Waals surface area contributed by atoms with Crippen LogP contribution in [0.15, 0.2) is 28.7 Å². The van der Waals surface area contributed by atoms with Gasteiger partial charge in [0.2, 0.25) is 10.0 Å². The van der Waals surface area contributed by atoms with Gasteiger partial charge in [0.1, 0.15) is 0 Å². The van der Waals surface area contributed by atoms with Crippen molar-refractivity contribution in [1.82, 2.24) is 9.62 Å². The van der Waals surface area contributed by atoms with Gasteiger partial charge in [0, 0.05) is 24.1 Å². The van der Waals surface area contributed by atoms with Crippen molar-refractivity contribution >= 4 is 26.0 Å². The standard InChI is InChI=1S/C17H27BrN2O2S/c1-14-10-15(2)12-20(11-14)9-3-8-19-23(21,22)13-16-4-6-17(18)7-5-16/h4-7,14-15,19H,3,8-13H2,1-2H3. The van der Waals surface area contributed by atoms with E-state index in [1.807, 2.05) is 24.3 Å². The fourth-order valence-corrected chi connectivity index (χ4v) is 4.81. The van der Waals surface area contributed by atoms with Crippen LogP contribution in [0, 0.1) is 11.8 Å². The first kappa shape index (κ1) is 18.9. The zero-order valence-electron chi connectivity index (χ0n) is 14.0. The molecule has 2 unspecified atom stereocenters. The lowest BCUT2D eigenvalue weighted by Gasteiger charge is -2.34. The Kier molecular flexibility index (Phi) is 7.07. The number of nitrogens with one attached hydrogen (secondary N) is 1. The summed E-state index contributed by atoms with van der Waals surface area (Å²) in [5, 5.41) is 0. The van der Waals surface area contributed by atoms with Gasteiger partial charge in [-0.15, -0.1) is 0 Å². The number of halogens is 1. The van der Waals surface area contributed by atoms with Crippen LogP contribution in [0.2, 0.25) is 0 Å². The summed E-state index contributed by atoms with van der Waals surface area (Å²) >= 11 is 3.35. The van der Waals surface area contributed by atoms with Crippen molar-refractivity contribution in [3.8, 4) is 0 Å². The van der Waals surface area contributed by atoms with Crippen LogP contribution in [-0.4, -0.2) is 39.5 Å². The monoisotopic (exact) mass is 402 g/mol. The van der Waals surface area contributed by atoms with Gasteiger partial charge >= 0.3 is 0 Å². The first-order chi connectivity index (χ1) is 10.8. The van der Waals surface area contributed by atoms with E-state index < -0.39 is 10.0 Å². The highest BCUT2D eigenvalue weighted by Crippen LogP contribution is 2.20. The zero-order chi connectivity index (χ0) is 16.9. The molecule has 0 amide bonds. The third kappa shape index (κ3) is 6.91. The van der Waals surface area contributed by atoms with Crippen LogP contribution in [0.4, 0.5) is 0 Å². The predicted octanol–water partition coefficient (Wildman–Crippen LogP) is 3.24. The molecule has 2 atom stereocenters. The SMILES string of the molecule is CC1CC(C)CN(CCCNS(=O)(=O)Cc2ccc(Br)cc2)C1. The summed E-state index contributed by atoms with van der Waals surface area (Å²) in [7, 11) is -3.26. The lowest BCUT2D eigenvalue weighted by Crippen LogP contribution is -2.40. The minimum Gasteiger partial charge on any atom is -0.303 e. The van der Waals surface area contributed by atoms with Crippen molar-refractivity contribution in [1.29, 1.82) is 0 Å². The number of piperidine rings is 1. The third-order valence-corrected chi connectivity index (χ3v) is 6.07. The summed E-state index contributed by atoms with van der Waals surface area (Å²) in [5.41, 5.74) is 0.805. The Morgan fingerprint density at radius 3 is 2.39 bits per heavy atom. The molecule has 6 heteroatoms. The van der Waals surface area contributed by atoms with Crippen molar-refractivity contribution in [2.45, 2.75) is 32.4 Å². The second-order valence-corrected chi connectivity index (χ2v) is 9.56. The zero-order valence-corrected chi connectivity index (χ0v) is 16.4. The molecular weight excluding hydrogens is 376 g/mol. The number of hydrogen-bond acceptors (Lipinski definition) is 3. The number of nitrogens with zero attached hydrogens (tertiary/aromatic N) is 1. The Morgan fingerprint density at radius 1 is 1.17 bits per heavy atom. The topological polar surface area (TPSA) is 49.4 Å². The maximum Gasteiger partial charge on any atom is 0.215 e. The Hall–Kier alpha value is -0.430. The van der Waals surface area contributed by atoms with E-state index >= 15 is 0 Å². The molecule has 4 nitrogen and oxygen atoms in total. The Labute approximate surface area is 148 Å². The van der Waals surface area contributed by atoms with E-state index in [1.165, 1.54) is 6.42 Å². The molecule has 23 heavy (non-hydrogen) atoms. The highest BCUT2D eigenvalue weighted by atomic mass is 79.9. The molecule has 130 valence electrons. The number of sulfonamides is 1. The lowest BCUT2D eigenvalue weighted by atomic mass is 9.92. The van der Waals surface area contributed by atoms with E-state index in [-0.39, 0.29) is 5.75 Å². The molecule has 1 N–H and O–H groups in total. The molecule has 0 aliphatic carbocycles. The molecule has 1 aromatic carbocycles. The minimum absolute atomic E-state index is 0.0397. The quantitative estimate of drug-likeness (QED) is 0.712. The second-order valence-electron chi connectivity index (χ2n) is 6.84. The van der Waals surface area contributed by atoms with Crippen molar-refractivity contribution < 1.29 is 8.42 Å². The number of likely N-dealkylation sites (tertiary alicyclic amines) is 1. The van der Waals surface area contributed by atoms with Gasteiger partial charge in [0.25, 0.3) is 0 Å². The summed E-state index contributed by atoms with van der Waals surface area (Å²) in [6, 6.07) is 7.40. The largest absolute Gasteiger partial charge is 0.303 e. The highest BCUT2D eigenvalue weighted by Gasteiger charge is 2.21. The van der Waals surface area contributed by atoms with Gasteiger partial charge in [0.05, 0.1) is 5.75 Å². The maximum atomic E-state index is 12.1. The molecule has 0 saturated carbocycles. The van der Waals surface area contributed by atoms with Gasteiger partial charge in [-0.1, -0.05) is 41.9 Å².